The van der Waals surface area contributed by atoms with Crippen LogP contribution in [0.3, 0.4) is 0 Å². The first kappa shape index (κ1) is 19.0. The molecule has 7 nitrogen and oxygen atoms in total. The predicted molar refractivity (Wildman–Crippen MR) is 96.1 cm³/mol. The maximum absolute atomic E-state index is 13.0. The molecule has 0 unspecified atom stereocenters. The maximum atomic E-state index is 13.0. The zero-order chi connectivity index (χ0) is 19.6. The third kappa shape index (κ3) is 3.99. The van der Waals surface area contributed by atoms with Gasteiger partial charge in [-0.15, -0.1) is 0 Å². The van der Waals surface area contributed by atoms with Gasteiger partial charge in [0.25, 0.3) is 0 Å². The summed E-state index contributed by atoms with van der Waals surface area (Å²) in [7, 11) is 1.75. The number of hydrogen-bond acceptors (Lipinski definition) is 5. The average Bonchev–Trinajstić information content (AvgIpc) is 3.09. The standard InChI is InChI=1S/C19H23FN4O3/c1-19(2)18(26)23(3)11-12-24(19)16(25)6-4-5-15-21-17(22-27-15)13-7-9-14(20)10-8-13/h7-10H,4-6,11-12H2,1-3H3. The van der Waals surface area contributed by atoms with E-state index in [2.05, 4.69) is 10.1 Å². The Morgan fingerprint density at radius 1 is 1.26 bits per heavy atom. The van der Waals surface area contributed by atoms with Crippen molar-refractivity contribution in [2.45, 2.75) is 38.6 Å². The van der Waals surface area contributed by atoms with E-state index in [9.17, 15) is 14.0 Å². The minimum absolute atomic E-state index is 0.0528. The van der Waals surface area contributed by atoms with E-state index in [1.54, 1.807) is 42.8 Å². The summed E-state index contributed by atoms with van der Waals surface area (Å²) in [6.45, 7) is 4.62. The third-order valence-electron chi connectivity index (χ3n) is 4.86. The topological polar surface area (TPSA) is 79.5 Å². The molecule has 2 heterocycles. The summed E-state index contributed by atoms with van der Waals surface area (Å²) in [6.07, 6.45) is 1.30. The fourth-order valence-electron chi connectivity index (χ4n) is 3.25. The maximum Gasteiger partial charge on any atom is 0.247 e. The Balaban J connectivity index is 1.55. The van der Waals surface area contributed by atoms with Crippen LogP contribution in [-0.2, 0) is 16.0 Å². The summed E-state index contributed by atoms with van der Waals surface area (Å²) >= 11 is 0. The predicted octanol–water partition coefficient (Wildman–Crippen LogP) is 2.28. The largest absolute Gasteiger partial charge is 0.342 e. The van der Waals surface area contributed by atoms with Crippen LogP contribution in [0.5, 0.6) is 0 Å². The zero-order valence-corrected chi connectivity index (χ0v) is 15.7. The highest BCUT2D eigenvalue weighted by molar-refractivity contribution is 5.91. The molecule has 3 rings (SSSR count). The minimum Gasteiger partial charge on any atom is -0.342 e. The first-order chi connectivity index (χ1) is 12.8. The van der Waals surface area contributed by atoms with Crippen LogP contribution in [0.1, 0.15) is 32.6 Å². The number of likely N-dealkylation sites (N-methyl/N-ethyl adjacent to an activating group) is 1. The number of amides is 2. The highest BCUT2D eigenvalue weighted by Gasteiger charge is 2.42. The van der Waals surface area contributed by atoms with Crippen LogP contribution in [0.4, 0.5) is 4.39 Å². The number of aryl methyl sites for hydroxylation is 1. The van der Waals surface area contributed by atoms with Crippen molar-refractivity contribution in [1.82, 2.24) is 19.9 Å². The van der Waals surface area contributed by atoms with Crippen LogP contribution >= 0.6 is 0 Å². The van der Waals surface area contributed by atoms with Crippen LogP contribution in [0.25, 0.3) is 11.4 Å². The monoisotopic (exact) mass is 374 g/mol. The molecule has 2 amide bonds. The van der Waals surface area contributed by atoms with Gasteiger partial charge >= 0.3 is 0 Å². The molecule has 1 aliphatic heterocycles. The van der Waals surface area contributed by atoms with E-state index in [0.717, 1.165) is 0 Å². The van der Waals surface area contributed by atoms with E-state index in [4.69, 9.17) is 4.52 Å². The quantitative estimate of drug-likeness (QED) is 0.802. The Morgan fingerprint density at radius 2 is 1.96 bits per heavy atom. The molecule has 0 bridgehead atoms. The second-order valence-corrected chi connectivity index (χ2v) is 7.20. The Morgan fingerprint density at radius 3 is 2.67 bits per heavy atom. The molecular weight excluding hydrogens is 351 g/mol. The van der Waals surface area contributed by atoms with E-state index in [1.807, 2.05) is 0 Å². The second kappa shape index (κ2) is 7.46. The van der Waals surface area contributed by atoms with Gasteiger partial charge in [-0.05, 0) is 44.5 Å². The smallest absolute Gasteiger partial charge is 0.247 e. The summed E-state index contributed by atoms with van der Waals surface area (Å²) in [4.78, 5) is 32.4. The minimum atomic E-state index is -0.829. The van der Waals surface area contributed by atoms with Crippen LogP contribution in [0.2, 0.25) is 0 Å². The fraction of sp³-hybridized carbons (Fsp3) is 0.474. The molecule has 0 spiro atoms. The first-order valence-electron chi connectivity index (χ1n) is 8.93. The highest BCUT2D eigenvalue weighted by atomic mass is 19.1. The van der Waals surface area contributed by atoms with Crippen molar-refractivity contribution in [2.75, 3.05) is 20.1 Å². The molecule has 0 N–H and O–H groups in total. The Kier molecular flexibility index (Phi) is 5.25. The summed E-state index contributed by atoms with van der Waals surface area (Å²) in [5, 5.41) is 3.89. The summed E-state index contributed by atoms with van der Waals surface area (Å²) in [5.41, 5.74) is -0.162. The molecule has 0 saturated carbocycles. The lowest BCUT2D eigenvalue weighted by molar-refractivity contribution is -0.157. The molecule has 1 aromatic carbocycles. The van der Waals surface area contributed by atoms with Gasteiger partial charge in [0, 0.05) is 38.5 Å². The van der Waals surface area contributed by atoms with Crippen molar-refractivity contribution in [3.05, 3.63) is 36.0 Å². The molecule has 1 aromatic heterocycles. The number of nitrogens with zero attached hydrogens (tertiary/aromatic N) is 4. The van der Waals surface area contributed by atoms with Crippen LogP contribution in [-0.4, -0.2) is 57.4 Å². The van der Waals surface area contributed by atoms with E-state index in [0.29, 0.717) is 49.6 Å². The van der Waals surface area contributed by atoms with Crippen LogP contribution in [0.15, 0.2) is 28.8 Å². The Bertz CT molecular complexity index is 832. The number of carbonyl (C=O) groups is 2. The van der Waals surface area contributed by atoms with Crippen molar-refractivity contribution >= 4 is 11.8 Å². The normalized spacial score (nSPS) is 16.7. The second-order valence-electron chi connectivity index (χ2n) is 7.20. The fourth-order valence-corrected chi connectivity index (χ4v) is 3.25. The van der Waals surface area contributed by atoms with Crippen molar-refractivity contribution < 1.29 is 18.5 Å². The lowest BCUT2D eigenvalue weighted by atomic mass is 9.97. The number of piperazine rings is 1. The summed E-state index contributed by atoms with van der Waals surface area (Å²) < 4.78 is 18.2. The Labute approximate surface area is 157 Å². The van der Waals surface area contributed by atoms with Gasteiger partial charge in [-0.1, -0.05) is 5.16 Å². The molecule has 0 aliphatic carbocycles. The van der Waals surface area contributed by atoms with E-state index >= 15 is 0 Å². The highest BCUT2D eigenvalue weighted by Crippen LogP contribution is 2.23. The molecule has 0 atom stereocenters. The van der Waals surface area contributed by atoms with Crippen LogP contribution < -0.4 is 0 Å². The van der Waals surface area contributed by atoms with E-state index < -0.39 is 5.54 Å². The number of hydrogen-bond donors (Lipinski definition) is 0. The third-order valence-corrected chi connectivity index (χ3v) is 4.86. The van der Waals surface area contributed by atoms with Gasteiger partial charge < -0.3 is 14.3 Å². The number of rotatable bonds is 5. The Hall–Kier alpha value is -2.77. The molecule has 2 aromatic rings. The van der Waals surface area contributed by atoms with Crippen molar-refractivity contribution in [2.24, 2.45) is 0 Å². The van der Waals surface area contributed by atoms with Gasteiger partial charge in [0.05, 0.1) is 0 Å². The number of carbonyl (C=O) groups excluding carboxylic acids is 2. The first-order valence-corrected chi connectivity index (χ1v) is 8.93. The zero-order valence-electron chi connectivity index (χ0n) is 15.7. The lowest BCUT2D eigenvalue weighted by Crippen LogP contribution is -2.63. The molecule has 0 radical (unpaired) electrons. The molecule has 8 heteroatoms. The van der Waals surface area contributed by atoms with Gasteiger partial charge in [0.15, 0.2) is 0 Å². The van der Waals surface area contributed by atoms with Crippen molar-refractivity contribution in [3.8, 4) is 11.4 Å². The van der Waals surface area contributed by atoms with Gasteiger partial charge in [-0.3, -0.25) is 9.59 Å². The molecule has 27 heavy (non-hydrogen) atoms. The average molecular weight is 374 g/mol. The molecule has 1 fully saturated rings. The SMILES string of the molecule is CN1CCN(C(=O)CCCc2nc(-c3ccc(F)cc3)no2)C(C)(C)C1=O. The molecule has 144 valence electrons. The van der Waals surface area contributed by atoms with Crippen molar-refractivity contribution in [1.29, 1.82) is 0 Å². The molecular formula is C19H23FN4O3. The molecule has 1 aliphatic rings. The van der Waals surface area contributed by atoms with Crippen molar-refractivity contribution in [3.63, 3.8) is 0 Å². The summed E-state index contributed by atoms with van der Waals surface area (Å²) in [6, 6.07) is 5.84. The van der Waals surface area contributed by atoms with Gasteiger partial charge in [-0.2, -0.15) is 4.98 Å². The van der Waals surface area contributed by atoms with Gasteiger partial charge in [0.1, 0.15) is 11.4 Å². The van der Waals surface area contributed by atoms with Gasteiger partial charge in [-0.25, -0.2) is 4.39 Å². The van der Waals surface area contributed by atoms with Gasteiger partial charge in [0.2, 0.25) is 23.5 Å². The number of aromatic nitrogens is 2. The lowest BCUT2D eigenvalue weighted by Gasteiger charge is -2.44. The molecule has 1 saturated heterocycles. The van der Waals surface area contributed by atoms with E-state index in [1.165, 1.54) is 12.1 Å². The number of halogens is 1. The van der Waals surface area contributed by atoms with Crippen LogP contribution in [0, 0.1) is 5.82 Å². The van der Waals surface area contributed by atoms with E-state index in [-0.39, 0.29) is 17.6 Å². The summed E-state index contributed by atoms with van der Waals surface area (Å²) in [5.74, 6) is 0.381. The number of benzene rings is 1.